The molecule has 14 heteroatoms. The van der Waals surface area contributed by atoms with Gasteiger partial charge in [0.15, 0.2) is 0 Å². The molecule has 0 radical (unpaired) electrons. The van der Waals surface area contributed by atoms with Crippen molar-refractivity contribution in [2.75, 3.05) is 34.2 Å². The van der Waals surface area contributed by atoms with Gasteiger partial charge >= 0.3 is 17.9 Å². The lowest BCUT2D eigenvalue weighted by Gasteiger charge is -2.35. The molecule has 0 atom stereocenters. The number of carbonyl (C=O) groups is 2. The van der Waals surface area contributed by atoms with Gasteiger partial charge in [0.2, 0.25) is 5.91 Å². The number of quaternary nitrogens is 1. The Balaban J connectivity index is 1.50. The predicted molar refractivity (Wildman–Crippen MR) is 163 cm³/mol. The summed E-state index contributed by atoms with van der Waals surface area (Å²) < 4.78 is 44.9. The van der Waals surface area contributed by atoms with Crippen molar-refractivity contribution in [3.8, 4) is 28.8 Å². The number of nitrogens with one attached hydrogen (secondary N) is 2. The second-order valence-electron chi connectivity index (χ2n) is 12.3. The molecule has 2 aromatic heterocycles. The molecule has 1 aliphatic rings. The molecule has 0 saturated heterocycles. The molecule has 0 spiro atoms. The number of imidazole rings is 1. The van der Waals surface area contributed by atoms with Crippen molar-refractivity contribution in [3.05, 3.63) is 88.1 Å². The topological polar surface area (TPSA) is 127 Å². The zero-order valence-corrected chi connectivity index (χ0v) is 25.8. The number of likely N-dealkylation sites (N-methyl/N-ethyl adjacent to an activating group) is 1. The summed E-state index contributed by atoms with van der Waals surface area (Å²) >= 11 is 0. The highest BCUT2D eigenvalue weighted by molar-refractivity contribution is 5.84. The highest BCUT2D eigenvalue weighted by Gasteiger charge is 2.37. The smallest absolute Gasteiger partial charge is 0.350 e. The van der Waals surface area contributed by atoms with Crippen LogP contribution in [0.5, 0.6) is 0 Å². The van der Waals surface area contributed by atoms with Crippen LogP contribution in [0.2, 0.25) is 0 Å². The lowest BCUT2D eigenvalue weighted by atomic mass is 9.79. The van der Waals surface area contributed by atoms with Gasteiger partial charge in [0.25, 0.3) is 0 Å². The van der Waals surface area contributed by atoms with Crippen molar-refractivity contribution < 1.29 is 27.2 Å². The molecule has 240 valence electrons. The number of nitrogens with zero attached hydrogens (tertiary/aromatic N) is 6. The maximum atomic E-state index is 14.0. The third-order valence-corrected chi connectivity index (χ3v) is 7.96. The van der Waals surface area contributed by atoms with Gasteiger partial charge in [0, 0.05) is 12.0 Å². The maximum absolute atomic E-state index is 14.0. The Labute approximate surface area is 263 Å². The van der Waals surface area contributed by atoms with E-state index in [0.29, 0.717) is 40.8 Å². The van der Waals surface area contributed by atoms with Gasteiger partial charge in [-0.25, -0.2) is 18.8 Å². The number of rotatable bonds is 8. The van der Waals surface area contributed by atoms with Crippen LogP contribution in [0.25, 0.3) is 22.8 Å². The SMILES string of the molecule is Cc1c(-c2ccnn2-c2ccc(C#N)cc2)n(C(=O)NC2CC(C(=O)NCC[N+](C)(C)C)C2)c(=O)n1-c1cccc(C(F)(F)F)c1. The molecule has 5 rings (SSSR count). The van der Waals surface area contributed by atoms with E-state index in [-0.39, 0.29) is 34.9 Å². The minimum Gasteiger partial charge on any atom is -0.350 e. The van der Waals surface area contributed by atoms with Crippen LogP contribution in [0.3, 0.4) is 0 Å². The highest BCUT2D eigenvalue weighted by Crippen LogP contribution is 2.32. The van der Waals surface area contributed by atoms with Crippen LogP contribution in [-0.2, 0) is 11.0 Å². The van der Waals surface area contributed by atoms with Crippen LogP contribution in [0.4, 0.5) is 18.0 Å². The Morgan fingerprint density at radius 1 is 1.07 bits per heavy atom. The molecule has 11 nitrogen and oxygen atoms in total. The Hall–Kier alpha value is -5.16. The number of hydrogen-bond donors (Lipinski definition) is 2. The standard InChI is InChI=1S/C32H33F3N8O3/c1-20-28(27-12-13-38-42(27)25-10-8-21(19-36)9-11-25)41(31(46)40(20)26-7-5-6-23(18-26)32(33,34)35)30(45)39-24-16-22(17-24)29(44)37-14-15-43(2,3)4/h5-13,18,22,24H,14-17H2,1-4H3,(H-,37,39,44,45)/p+1. The number of aromatic nitrogens is 4. The number of amides is 2. The lowest BCUT2D eigenvalue weighted by Crippen LogP contribution is -2.52. The van der Waals surface area contributed by atoms with E-state index in [1.165, 1.54) is 29.9 Å². The first-order valence-corrected chi connectivity index (χ1v) is 14.6. The van der Waals surface area contributed by atoms with E-state index < -0.39 is 23.5 Å². The van der Waals surface area contributed by atoms with E-state index in [1.807, 2.05) is 27.2 Å². The molecule has 0 unspecified atom stereocenters. The highest BCUT2D eigenvalue weighted by atomic mass is 19.4. The van der Waals surface area contributed by atoms with Crippen molar-refractivity contribution in [1.29, 1.82) is 5.26 Å². The summed E-state index contributed by atoms with van der Waals surface area (Å²) in [6.45, 7) is 2.81. The summed E-state index contributed by atoms with van der Waals surface area (Å²) in [7, 11) is 6.07. The maximum Gasteiger partial charge on any atom is 0.416 e. The summed E-state index contributed by atoms with van der Waals surface area (Å²) in [5, 5.41) is 19.3. The zero-order chi connectivity index (χ0) is 33.4. The fraction of sp³-hybridized carbons (Fsp3) is 0.344. The van der Waals surface area contributed by atoms with E-state index in [0.717, 1.165) is 27.8 Å². The van der Waals surface area contributed by atoms with E-state index in [9.17, 15) is 32.8 Å². The monoisotopic (exact) mass is 635 g/mol. The quantitative estimate of drug-likeness (QED) is 0.285. The molecule has 1 fully saturated rings. The number of alkyl halides is 3. The molecule has 0 bridgehead atoms. The van der Waals surface area contributed by atoms with Gasteiger partial charge in [-0.3, -0.25) is 9.36 Å². The van der Waals surface area contributed by atoms with Crippen LogP contribution in [-0.4, -0.2) is 75.6 Å². The number of halogens is 3. The van der Waals surface area contributed by atoms with Gasteiger partial charge in [-0.05, 0) is 68.3 Å². The average Bonchev–Trinajstić information content (AvgIpc) is 3.55. The van der Waals surface area contributed by atoms with E-state index in [2.05, 4.69) is 15.7 Å². The van der Waals surface area contributed by atoms with Crippen molar-refractivity contribution >= 4 is 11.9 Å². The first kappa shape index (κ1) is 32.2. The Morgan fingerprint density at radius 2 is 1.76 bits per heavy atom. The number of benzene rings is 2. The second kappa shape index (κ2) is 12.3. The van der Waals surface area contributed by atoms with E-state index in [4.69, 9.17) is 0 Å². The lowest BCUT2D eigenvalue weighted by molar-refractivity contribution is -0.869. The predicted octanol–water partition coefficient (Wildman–Crippen LogP) is 3.85. The molecule has 1 aliphatic carbocycles. The van der Waals surface area contributed by atoms with Crippen LogP contribution >= 0.6 is 0 Å². The third-order valence-electron chi connectivity index (χ3n) is 7.96. The van der Waals surface area contributed by atoms with Gasteiger partial charge < -0.3 is 15.1 Å². The normalized spacial score (nSPS) is 16.4. The van der Waals surface area contributed by atoms with Crippen LogP contribution in [0.15, 0.2) is 65.6 Å². The average molecular weight is 636 g/mol. The first-order valence-electron chi connectivity index (χ1n) is 14.6. The van der Waals surface area contributed by atoms with Crippen molar-refractivity contribution in [3.63, 3.8) is 0 Å². The van der Waals surface area contributed by atoms with Crippen molar-refractivity contribution in [1.82, 2.24) is 29.5 Å². The molecular weight excluding hydrogens is 601 g/mol. The fourth-order valence-electron chi connectivity index (χ4n) is 5.43. The molecular formula is C32H34F3N8O3+. The Bertz CT molecular complexity index is 1870. The van der Waals surface area contributed by atoms with E-state index >= 15 is 0 Å². The zero-order valence-electron chi connectivity index (χ0n) is 25.8. The fourth-order valence-corrected chi connectivity index (χ4v) is 5.43. The molecule has 46 heavy (non-hydrogen) atoms. The summed E-state index contributed by atoms with van der Waals surface area (Å²) in [5.74, 6) is -0.391. The molecule has 2 amide bonds. The van der Waals surface area contributed by atoms with Gasteiger partial charge in [-0.1, -0.05) is 6.07 Å². The van der Waals surface area contributed by atoms with Gasteiger partial charge in [-0.15, -0.1) is 0 Å². The number of carbonyl (C=O) groups excluding carboxylic acids is 2. The van der Waals surface area contributed by atoms with Crippen molar-refractivity contribution in [2.45, 2.75) is 32.0 Å². The molecule has 0 aliphatic heterocycles. The van der Waals surface area contributed by atoms with Gasteiger partial charge in [0.1, 0.15) is 5.69 Å². The minimum absolute atomic E-state index is 0.0659. The van der Waals surface area contributed by atoms with E-state index in [1.54, 1.807) is 30.3 Å². The molecule has 1 saturated carbocycles. The number of nitriles is 1. The summed E-state index contributed by atoms with van der Waals surface area (Å²) in [6.07, 6.45) is -2.43. The van der Waals surface area contributed by atoms with Crippen molar-refractivity contribution in [2.24, 2.45) is 5.92 Å². The van der Waals surface area contributed by atoms with Gasteiger partial charge in [-0.2, -0.15) is 23.5 Å². The van der Waals surface area contributed by atoms with Gasteiger partial charge in [0.05, 0.1) is 80.4 Å². The third kappa shape index (κ3) is 6.59. The summed E-state index contributed by atoms with van der Waals surface area (Å²) in [4.78, 5) is 40.3. The summed E-state index contributed by atoms with van der Waals surface area (Å²) in [5.41, 5.74) is -0.284. The van der Waals surface area contributed by atoms with Crippen LogP contribution < -0.4 is 16.3 Å². The Morgan fingerprint density at radius 3 is 2.39 bits per heavy atom. The van der Waals surface area contributed by atoms with Crippen LogP contribution in [0.1, 0.15) is 29.7 Å². The minimum atomic E-state index is -4.65. The first-order chi connectivity index (χ1) is 21.7. The largest absolute Gasteiger partial charge is 0.416 e. The Kier molecular flexibility index (Phi) is 8.64. The second-order valence-corrected chi connectivity index (χ2v) is 12.3. The summed E-state index contributed by atoms with van der Waals surface area (Å²) in [6, 6.07) is 13.2. The molecule has 2 aromatic carbocycles. The molecule has 2 N–H and O–H groups in total. The van der Waals surface area contributed by atoms with Crippen LogP contribution in [0, 0.1) is 24.2 Å². The number of hydrogen-bond acceptors (Lipinski definition) is 5. The molecule has 4 aromatic rings. The molecule has 2 heterocycles.